The number of pyridine rings is 1. The minimum absolute atomic E-state index is 0.138. The number of aromatic amines is 1. The van der Waals surface area contributed by atoms with Crippen molar-refractivity contribution < 1.29 is 19.1 Å². The smallest absolute Gasteiger partial charge is 0.326 e. The van der Waals surface area contributed by atoms with Crippen molar-refractivity contribution in [3.8, 4) is 0 Å². The fourth-order valence-corrected chi connectivity index (χ4v) is 2.55. The number of ketones is 2. The highest BCUT2D eigenvalue weighted by Crippen LogP contribution is 2.18. The molecule has 7 heteroatoms. The van der Waals surface area contributed by atoms with Crippen LogP contribution in [0.25, 0.3) is 0 Å². The van der Waals surface area contributed by atoms with Crippen LogP contribution in [0, 0.1) is 13.8 Å². The molecule has 2 rings (SSSR count). The zero-order valence-corrected chi connectivity index (χ0v) is 13.7. The highest BCUT2D eigenvalue weighted by Gasteiger charge is 2.20. The maximum Gasteiger partial charge on any atom is 0.326 e. The molecule has 0 aliphatic rings. The number of hydrogen-bond donors (Lipinski definition) is 1. The van der Waals surface area contributed by atoms with E-state index in [1.54, 1.807) is 26.0 Å². The van der Waals surface area contributed by atoms with Gasteiger partial charge in [0.15, 0.2) is 12.4 Å². The predicted molar refractivity (Wildman–Crippen MR) is 86.3 cm³/mol. The maximum absolute atomic E-state index is 12.2. The van der Waals surface area contributed by atoms with Crippen LogP contribution in [0.5, 0.6) is 0 Å². The van der Waals surface area contributed by atoms with E-state index < -0.39 is 18.4 Å². The summed E-state index contributed by atoms with van der Waals surface area (Å²) in [6, 6.07) is 4.51. The Labute approximate surface area is 138 Å². The summed E-state index contributed by atoms with van der Waals surface area (Å²) in [6.45, 7) is 4.06. The third-order valence-corrected chi connectivity index (χ3v) is 3.63. The van der Waals surface area contributed by atoms with Gasteiger partial charge in [-0.3, -0.25) is 19.2 Å². The van der Waals surface area contributed by atoms with Gasteiger partial charge in [-0.1, -0.05) is 6.07 Å². The Kier molecular flexibility index (Phi) is 5.13. The zero-order chi connectivity index (χ0) is 17.9. The first-order valence-corrected chi connectivity index (χ1v) is 7.35. The van der Waals surface area contributed by atoms with Gasteiger partial charge in [0.2, 0.25) is 5.78 Å². The number of Topliss-reactive ketones (excluding diaryl/α,β-unsaturated/α-hetero) is 2. The predicted octanol–water partition coefficient (Wildman–Crippen LogP) is 1.42. The molecule has 0 saturated carbocycles. The molecule has 0 aromatic carbocycles. The number of esters is 1. The Morgan fingerprint density at radius 3 is 2.50 bits per heavy atom. The van der Waals surface area contributed by atoms with Gasteiger partial charge in [-0.2, -0.15) is 0 Å². The van der Waals surface area contributed by atoms with Crippen molar-refractivity contribution in [3.63, 3.8) is 0 Å². The van der Waals surface area contributed by atoms with E-state index in [4.69, 9.17) is 4.74 Å². The molecule has 0 atom stereocenters. The summed E-state index contributed by atoms with van der Waals surface area (Å²) in [5.74, 6) is -1.26. The molecule has 0 aliphatic carbocycles. The normalized spacial score (nSPS) is 10.5. The first-order valence-electron chi connectivity index (χ1n) is 7.35. The number of carbonyl (C=O) groups excluding carboxylic acids is 3. The Morgan fingerprint density at radius 1 is 1.21 bits per heavy atom. The van der Waals surface area contributed by atoms with Gasteiger partial charge in [0, 0.05) is 23.5 Å². The number of H-pyrrole nitrogens is 1. The molecule has 24 heavy (non-hydrogen) atoms. The van der Waals surface area contributed by atoms with Gasteiger partial charge in [-0.25, -0.2) is 0 Å². The van der Waals surface area contributed by atoms with Crippen molar-refractivity contribution in [2.24, 2.45) is 0 Å². The SMILES string of the molecule is CC(=O)c1c(C)[nH]c(C(=O)COC(=O)Cn2ccccc2=O)c1C. The second kappa shape index (κ2) is 7.08. The molecule has 1 N–H and O–H groups in total. The highest BCUT2D eigenvalue weighted by atomic mass is 16.5. The molecular weight excluding hydrogens is 312 g/mol. The molecule has 0 bridgehead atoms. The molecule has 2 aromatic rings. The molecule has 2 heterocycles. The summed E-state index contributed by atoms with van der Waals surface area (Å²) >= 11 is 0. The third-order valence-electron chi connectivity index (χ3n) is 3.63. The van der Waals surface area contributed by atoms with Crippen LogP contribution in [-0.2, 0) is 16.1 Å². The first kappa shape index (κ1) is 17.4. The van der Waals surface area contributed by atoms with Crippen molar-refractivity contribution >= 4 is 17.5 Å². The van der Waals surface area contributed by atoms with Gasteiger partial charge in [0.05, 0.1) is 5.69 Å². The number of carbonyl (C=O) groups is 3. The fraction of sp³-hybridized carbons (Fsp3) is 0.294. The van der Waals surface area contributed by atoms with E-state index in [-0.39, 0.29) is 23.6 Å². The topological polar surface area (TPSA) is 98.2 Å². The lowest BCUT2D eigenvalue weighted by atomic mass is 10.1. The zero-order valence-electron chi connectivity index (χ0n) is 13.7. The van der Waals surface area contributed by atoms with Crippen molar-refractivity contribution in [3.05, 3.63) is 57.3 Å². The number of hydrogen-bond acceptors (Lipinski definition) is 5. The van der Waals surface area contributed by atoms with E-state index in [1.807, 2.05) is 0 Å². The Balaban J connectivity index is 2.02. The van der Waals surface area contributed by atoms with Gasteiger partial charge in [-0.15, -0.1) is 0 Å². The number of ether oxygens (including phenoxy) is 1. The van der Waals surface area contributed by atoms with E-state index in [9.17, 15) is 19.2 Å². The van der Waals surface area contributed by atoms with Crippen LogP contribution in [0.2, 0.25) is 0 Å². The molecule has 0 saturated heterocycles. The van der Waals surface area contributed by atoms with E-state index in [2.05, 4.69) is 4.98 Å². The van der Waals surface area contributed by atoms with Gasteiger partial charge >= 0.3 is 5.97 Å². The standard InChI is InChI=1S/C17H18N2O5/c1-10-16(12(3)20)11(2)18-17(10)13(21)9-24-15(23)8-19-7-5-4-6-14(19)22/h4-7,18H,8-9H2,1-3H3. The number of aryl methyl sites for hydroxylation is 1. The second-order valence-electron chi connectivity index (χ2n) is 5.43. The molecule has 0 radical (unpaired) electrons. The van der Waals surface area contributed by atoms with Crippen LogP contribution in [-0.4, -0.2) is 33.7 Å². The molecule has 0 fully saturated rings. The summed E-state index contributed by atoms with van der Waals surface area (Å²) in [5.41, 5.74) is 1.54. The van der Waals surface area contributed by atoms with Gasteiger partial charge in [-0.05, 0) is 32.4 Å². The molecule has 2 aromatic heterocycles. The van der Waals surface area contributed by atoms with Crippen molar-refractivity contribution in [1.29, 1.82) is 0 Å². The quantitative estimate of drug-likeness (QED) is 0.638. The lowest BCUT2D eigenvalue weighted by Crippen LogP contribution is -2.25. The van der Waals surface area contributed by atoms with Gasteiger partial charge < -0.3 is 14.3 Å². The Bertz CT molecular complexity index is 860. The molecule has 126 valence electrons. The third kappa shape index (κ3) is 3.68. The second-order valence-corrected chi connectivity index (χ2v) is 5.43. The molecule has 0 unspecified atom stereocenters. The fourth-order valence-electron chi connectivity index (χ4n) is 2.55. The highest BCUT2D eigenvalue weighted by molar-refractivity contribution is 6.04. The van der Waals surface area contributed by atoms with Crippen LogP contribution in [0.4, 0.5) is 0 Å². The van der Waals surface area contributed by atoms with E-state index >= 15 is 0 Å². The van der Waals surface area contributed by atoms with E-state index in [0.717, 1.165) is 0 Å². The summed E-state index contributed by atoms with van der Waals surface area (Å²) < 4.78 is 6.11. The first-order chi connectivity index (χ1) is 11.3. The largest absolute Gasteiger partial charge is 0.456 e. The molecule has 0 aliphatic heterocycles. The summed E-state index contributed by atoms with van der Waals surface area (Å²) in [4.78, 5) is 49.9. The van der Waals surface area contributed by atoms with Crippen molar-refractivity contribution in [2.45, 2.75) is 27.3 Å². The van der Waals surface area contributed by atoms with Crippen LogP contribution in [0.3, 0.4) is 0 Å². The Hall–Kier alpha value is -2.96. The summed E-state index contributed by atoms with van der Waals surface area (Å²) in [7, 11) is 0. The van der Waals surface area contributed by atoms with E-state index in [1.165, 1.54) is 23.8 Å². The maximum atomic E-state index is 12.2. The average Bonchev–Trinajstić information content (AvgIpc) is 2.82. The summed E-state index contributed by atoms with van der Waals surface area (Å²) in [5, 5.41) is 0. The van der Waals surface area contributed by atoms with Crippen molar-refractivity contribution in [2.75, 3.05) is 6.61 Å². The molecule has 7 nitrogen and oxygen atoms in total. The van der Waals surface area contributed by atoms with E-state index in [0.29, 0.717) is 16.8 Å². The summed E-state index contributed by atoms with van der Waals surface area (Å²) in [6.07, 6.45) is 1.46. The van der Waals surface area contributed by atoms with Crippen LogP contribution >= 0.6 is 0 Å². The number of nitrogens with one attached hydrogen (secondary N) is 1. The molecule has 0 amide bonds. The van der Waals surface area contributed by atoms with Crippen LogP contribution in [0.15, 0.2) is 29.2 Å². The minimum Gasteiger partial charge on any atom is -0.456 e. The van der Waals surface area contributed by atoms with Crippen LogP contribution in [0.1, 0.15) is 39.0 Å². The van der Waals surface area contributed by atoms with Gasteiger partial charge in [0.25, 0.3) is 5.56 Å². The monoisotopic (exact) mass is 330 g/mol. The number of rotatable bonds is 6. The molecular formula is C17H18N2O5. The van der Waals surface area contributed by atoms with Crippen molar-refractivity contribution in [1.82, 2.24) is 9.55 Å². The lowest BCUT2D eigenvalue weighted by Gasteiger charge is -2.06. The van der Waals surface area contributed by atoms with Gasteiger partial charge in [0.1, 0.15) is 6.54 Å². The molecule has 0 spiro atoms. The van der Waals surface area contributed by atoms with Crippen LogP contribution < -0.4 is 5.56 Å². The minimum atomic E-state index is -0.690. The number of nitrogens with zero attached hydrogens (tertiary/aromatic N) is 1. The number of aromatic nitrogens is 2. The lowest BCUT2D eigenvalue weighted by molar-refractivity contribution is -0.143. The average molecular weight is 330 g/mol. The Morgan fingerprint density at radius 2 is 1.92 bits per heavy atom.